The second-order valence-corrected chi connectivity index (χ2v) is 7.07. The lowest BCUT2D eigenvalue weighted by atomic mass is 9.99. The summed E-state index contributed by atoms with van der Waals surface area (Å²) in [5.74, 6) is 0.817. The number of aromatic nitrogens is 2. The SMILES string of the molecule is O=C(c1ccc(Cl)cc1)N1CC(Cn2nc(C3CC3)ccc2=O)C1. The molecule has 1 aromatic heterocycles. The molecule has 0 N–H and O–H groups in total. The third kappa shape index (κ3) is 3.08. The van der Waals surface area contributed by atoms with Crippen LogP contribution in [0.5, 0.6) is 0 Å². The predicted molar refractivity (Wildman–Crippen MR) is 91.3 cm³/mol. The molecular formula is C18H18ClN3O2. The van der Waals surface area contributed by atoms with Crippen LogP contribution < -0.4 is 5.56 Å². The quantitative estimate of drug-likeness (QED) is 0.857. The van der Waals surface area contributed by atoms with E-state index in [0.29, 0.717) is 36.1 Å². The van der Waals surface area contributed by atoms with Gasteiger partial charge in [0.25, 0.3) is 11.5 Å². The van der Waals surface area contributed by atoms with Crippen molar-refractivity contribution in [1.82, 2.24) is 14.7 Å². The minimum Gasteiger partial charge on any atom is -0.338 e. The maximum atomic E-state index is 12.4. The molecule has 0 bridgehead atoms. The number of carbonyl (C=O) groups excluding carboxylic acids is 1. The summed E-state index contributed by atoms with van der Waals surface area (Å²) in [5.41, 5.74) is 1.59. The first-order chi connectivity index (χ1) is 11.6. The Kier molecular flexibility index (Phi) is 3.88. The third-order valence-corrected chi connectivity index (χ3v) is 4.90. The standard InChI is InChI=1S/C18H18ClN3O2/c19-15-5-3-14(4-6-15)18(24)21-9-12(10-21)11-22-17(23)8-7-16(20-22)13-1-2-13/h3-8,12-13H,1-2,9-11H2. The molecule has 1 amide bonds. The Morgan fingerprint density at radius 1 is 1.12 bits per heavy atom. The van der Waals surface area contributed by atoms with Gasteiger partial charge in [-0.15, -0.1) is 0 Å². The molecule has 124 valence electrons. The molecule has 2 aromatic rings. The molecule has 0 spiro atoms. The molecule has 1 aliphatic carbocycles. The van der Waals surface area contributed by atoms with E-state index in [1.54, 1.807) is 39.9 Å². The van der Waals surface area contributed by atoms with Crippen molar-refractivity contribution in [2.45, 2.75) is 25.3 Å². The van der Waals surface area contributed by atoms with Gasteiger partial charge in [0.2, 0.25) is 0 Å². The van der Waals surface area contributed by atoms with E-state index in [1.807, 2.05) is 6.07 Å². The Labute approximate surface area is 144 Å². The molecule has 4 rings (SSSR count). The van der Waals surface area contributed by atoms with Crippen molar-refractivity contribution in [2.24, 2.45) is 5.92 Å². The van der Waals surface area contributed by atoms with Gasteiger partial charge in [-0.3, -0.25) is 9.59 Å². The normalized spacial score (nSPS) is 17.6. The number of rotatable bonds is 4. The minimum atomic E-state index is -0.0677. The second kappa shape index (κ2) is 6.06. The Bertz CT molecular complexity index is 821. The van der Waals surface area contributed by atoms with E-state index >= 15 is 0 Å². The van der Waals surface area contributed by atoms with Crippen LogP contribution in [0.15, 0.2) is 41.2 Å². The molecule has 1 saturated carbocycles. The fraction of sp³-hybridized carbons (Fsp3) is 0.389. The van der Waals surface area contributed by atoms with E-state index in [1.165, 1.54) is 0 Å². The van der Waals surface area contributed by atoms with Crippen molar-refractivity contribution in [1.29, 1.82) is 0 Å². The number of halogens is 1. The summed E-state index contributed by atoms with van der Waals surface area (Å²) in [6.07, 6.45) is 2.33. The Morgan fingerprint density at radius 3 is 2.50 bits per heavy atom. The maximum absolute atomic E-state index is 12.4. The van der Waals surface area contributed by atoms with E-state index < -0.39 is 0 Å². The van der Waals surface area contributed by atoms with Gasteiger partial charge in [0, 0.05) is 41.6 Å². The van der Waals surface area contributed by atoms with Gasteiger partial charge in [-0.2, -0.15) is 5.10 Å². The lowest BCUT2D eigenvalue weighted by Gasteiger charge is -2.39. The molecule has 6 heteroatoms. The van der Waals surface area contributed by atoms with Crippen LogP contribution in [-0.4, -0.2) is 33.7 Å². The average Bonchev–Trinajstić information content (AvgIpc) is 3.37. The number of hydrogen-bond donors (Lipinski definition) is 0. The average molecular weight is 344 g/mol. The summed E-state index contributed by atoms with van der Waals surface area (Å²) >= 11 is 5.85. The van der Waals surface area contributed by atoms with Crippen molar-refractivity contribution >= 4 is 17.5 Å². The van der Waals surface area contributed by atoms with Crippen molar-refractivity contribution in [3.8, 4) is 0 Å². The molecule has 1 aromatic carbocycles. The Hall–Kier alpha value is -2.14. The van der Waals surface area contributed by atoms with E-state index in [2.05, 4.69) is 5.10 Å². The van der Waals surface area contributed by atoms with Gasteiger partial charge in [-0.25, -0.2) is 4.68 Å². The zero-order chi connectivity index (χ0) is 16.7. The highest BCUT2D eigenvalue weighted by atomic mass is 35.5. The van der Waals surface area contributed by atoms with Gasteiger partial charge in [-0.05, 0) is 43.2 Å². The van der Waals surface area contributed by atoms with Gasteiger partial charge < -0.3 is 4.90 Å². The lowest BCUT2D eigenvalue weighted by molar-refractivity contribution is 0.0458. The summed E-state index contributed by atoms with van der Waals surface area (Å²) < 4.78 is 1.56. The van der Waals surface area contributed by atoms with E-state index in [9.17, 15) is 9.59 Å². The van der Waals surface area contributed by atoms with E-state index in [0.717, 1.165) is 18.5 Å². The summed E-state index contributed by atoms with van der Waals surface area (Å²) in [6, 6.07) is 10.4. The fourth-order valence-electron chi connectivity index (χ4n) is 3.06. The zero-order valence-electron chi connectivity index (χ0n) is 13.2. The molecule has 2 fully saturated rings. The third-order valence-electron chi connectivity index (χ3n) is 4.65. The number of carbonyl (C=O) groups is 1. The fourth-order valence-corrected chi connectivity index (χ4v) is 3.19. The van der Waals surface area contributed by atoms with Gasteiger partial charge in [0.1, 0.15) is 0 Å². The molecule has 0 atom stereocenters. The number of amides is 1. The molecule has 2 heterocycles. The van der Waals surface area contributed by atoms with Gasteiger partial charge >= 0.3 is 0 Å². The zero-order valence-corrected chi connectivity index (χ0v) is 13.9. The van der Waals surface area contributed by atoms with Crippen LogP contribution in [-0.2, 0) is 6.54 Å². The first kappa shape index (κ1) is 15.4. The number of hydrogen-bond acceptors (Lipinski definition) is 3. The van der Waals surface area contributed by atoms with Crippen molar-refractivity contribution in [3.05, 3.63) is 63.0 Å². The predicted octanol–water partition coefficient (Wildman–Crippen LogP) is 2.55. The lowest BCUT2D eigenvalue weighted by Crippen LogP contribution is -2.52. The molecular weight excluding hydrogens is 326 g/mol. The highest BCUT2D eigenvalue weighted by Crippen LogP contribution is 2.38. The first-order valence-electron chi connectivity index (χ1n) is 8.23. The summed E-state index contributed by atoms with van der Waals surface area (Å²) in [5, 5.41) is 5.10. The van der Waals surface area contributed by atoms with Crippen LogP contribution in [0.2, 0.25) is 5.02 Å². The summed E-state index contributed by atoms with van der Waals surface area (Å²) in [7, 11) is 0. The largest absolute Gasteiger partial charge is 0.338 e. The van der Waals surface area contributed by atoms with Crippen LogP contribution in [0.1, 0.15) is 34.8 Å². The molecule has 0 unspecified atom stereocenters. The molecule has 0 radical (unpaired) electrons. The van der Waals surface area contributed by atoms with Crippen molar-refractivity contribution in [3.63, 3.8) is 0 Å². The van der Waals surface area contributed by atoms with E-state index in [-0.39, 0.29) is 17.4 Å². The molecule has 2 aliphatic rings. The maximum Gasteiger partial charge on any atom is 0.266 e. The number of likely N-dealkylation sites (tertiary alicyclic amines) is 1. The highest BCUT2D eigenvalue weighted by Gasteiger charge is 2.32. The Morgan fingerprint density at radius 2 is 1.83 bits per heavy atom. The smallest absolute Gasteiger partial charge is 0.266 e. The summed E-state index contributed by atoms with van der Waals surface area (Å²) in [6.45, 7) is 1.89. The Balaban J connectivity index is 1.38. The van der Waals surface area contributed by atoms with E-state index in [4.69, 9.17) is 11.6 Å². The van der Waals surface area contributed by atoms with Crippen LogP contribution >= 0.6 is 11.6 Å². The topological polar surface area (TPSA) is 55.2 Å². The first-order valence-corrected chi connectivity index (χ1v) is 8.61. The van der Waals surface area contributed by atoms with Crippen LogP contribution in [0.4, 0.5) is 0 Å². The van der Waals surface area contributed by atoms with Crippen LogP contribution in [0.25, 0.3) is 0 Å². The van der Waals surface area contributed by atoms with Gasteiger partial charge in [0.15, 0.2) is 0 Å². The molecule has 24 heavy (non-hydrogen) atoms. The highest BCUT2D eigenvalue weighted by molar-refractivity contribution is 6.30. The minimum absolute atomic E-state index is 0.00922. The second-order valence-electron chi connectivity index (χ2n) is 6.64. The van der Waals surface area contributed by atoms with Crippen molar-refractivity contribution < 1.29 is 4.79 Å². The molecule has 5 nitrogen and oxygen atoms in total. The summed E-state index contributed by atoms with van der Waals surface area (Å²) in [4.78, 5) is 26.1. The van der Waals surface area contributed by atoms with Gasteiger partial charge in [0.05, 0.1) is 12.2 Å². The van der Waals surface area contributed by atoms with Gasteiger partial charge in [-0.1, -0.05) is 11.6 Å². The van der Waals surface area contributed by atoms with Crippen LogP contribution in [0, 0.1) is 5.92 Å². The van der Waals surface area contributed by atoms with Crippen molar-refractivity contribution in [2.75, 3.05) is 13.1 Å². The monoisotopic (exact) mass is 343 g/mol. The molecule has 1 aliphatic heterocycles. The van der Waals surface area contributed by atoms with Crippen LogP contribution in [0.3, 0.4) is 0 Å². The number of benzene rings is 1. The number of nitrogens with zero attached hydrogens (tertiary/aromatic N) is 3. The molecule has 1 saturated heterocycles.